The number of benzene rings is 1. The number of nitrogens with zero attached hydrogens (tertiary/aromatic N) is 4. The van der Waals surface area contributed by atoms with E-state index in [1.54, 1.807) is 0 Å². The van der Waals surface area contributed by atoms with Crippen LogP contribution in [0.3, 0.4) is 0 Å². The predicted octanol–water partition coefficient (Wildman–Crippen LogP) is 1.71. The lowest BCUT2D eigenvalue weighted by atomic mass is 9.95. The van der Waals surface area contributed by atoms with Crippen LogP contribution in [0.25, 0.3) is 0 Å². The first-order valence-corrected chi connectivity index (χ1v) is 7.42. The maximum atomic E-state index is 12.7. The van der Waals surface area contributed by atoms with Crippen LogP contribution in [-0.4, -0.2) is 32.2 Å². The third-order valence-corrected chi connectivity index (χ3v) is 3.94. The van der Waals surface area contributed by atoms with E-state index in [-0.39, 0.29) is 11.9 Å². The van der Waals surface area contributed by atoms with Crippen molar-refractivity contribution < 1.29 is 4.79 Å². The van der Waals surface area contributed by atoms with Crippen molar-refractivity contribution in [2.45, 2.75) is 44.2 Å². The highest BCUT2D eigenvalue weighted by molar-refractivity contribution is 5.83. The van der Waals surface area contributed by atoms with Crippen LogP contribution < -0.4 is 5.32 Å². The van der Waals surface area contributed by atoms with Crippen molar-refractivity contribution in [1.82, 2.24) is 25.5 Å². The Kier molecular flexibility index (Phi) is 4.23. The van der Waals surface area contributed by atoms with Crippen LogP contribution in [0.4, 0.5) is 0 Å². The van der Waals surface area contributed by atoms with Gasteiger partial charge in [0.05, 0.1) is 0 Å². The number of carbonyl (C=O) groups is 1. The molecule has 1 N–H and O–H groups in total. The number of hydrogen-bond donors (Lipinski definition) is 1. The first-order chi connectivity index (χ1) is 10.3. The molecule has 1 aliphatic carbocycles. The highest BCUT2D eigenvalue weighted by atomic mass is 16.2. The average molecular weight is 285 g/mol. The zero-order valence-electron chi connectivity index (χ0n) is 11.9. The monoisotopic (exact) mass is 285 g/mol. The summed E-state index contributed by atoms with van der Waals surface area (Å²) in [7, 11) is 0. The summed E-state index contributed by atoms with van der Waals surface area (Å²) in [6, 6.07) is 9.37. The number of hydrogen-bond acceptors (Lipinski definition) is 4. The van der Waals surface area contributed by atoms with Crippen molar-refractivity contribution in [3.05, 3.63) is 42.2 Å². The Bertz CT molecular complexity index is 563. The fourth-order valence-electron chi connectivity index (χ4n) is 2.87. The van der Waals surface area contributed by atoms with Gasteiger partial charge < -0.3 is 5.32 Å². The summed E-state index contributed by atoms with van der Waals surface area (Å²) >= 11 is 0. The standard InChI is InChI=1S/C15H19N5O/c21-15(17-13-9-5-2-6-10-13)14(20-11-16-18-19-20)12-7-3-1-4-8-12/h1,3-4,7-8,11,13-14H,2,5-6,9-10H2,(H,17,21)/t14-/m1/s1. The first kappa shape index (κ1) is 13.7. The summed E-state index contributed by atoms with van der Waals surface area (Å²) in [5.74, 6) is -0.0413. The van der Waals surface area contributed by atoms with Gasteiger partial charge in [0.2, 0.25) is 5.91 Å². The smallest absolute Gasteiger partial charge is 0.249 e. The normalized spacial score (nSPS) is 17.3. The van der Waals surface area contributed by atoms with Gasteiger partial charge in [-0.15, -0.1) is 5.10 Å². The molecular weight excluding hydrogens is 266 g/mol. The van der Waals surface area contributed by atoms with Gasteiger partial charge in [0.15, 0.2) is 6.04 Å². The van der Waals surface area contributed by atoms with Gasteiger partial charge in [0.1, 0.15) is 6.33 Å². The molecule has 0 unspecified atom stereocenters. The Balaban J connectivity index is 1.80. The van der Waals surface area contributed by atoms with Crippen LogP contribution in [0, 0.1) is 0 Å². The van der Waals surface area contributed by atoms with Crippen LogP contribution in [0.2, 0.25) is 0 Å². The predicted molar refractivity (Wildman–Crippen MR) is 77.4 cm³/mol. The second-order valence-electron chi connectivity index (χ2n) is 5.45. The van der Waals surface area contributed by atoms with E-state index in [4.69, 9.17) is 0 Å². The van der Waals surface area contributed by atoms with Gasteiger partial charge in [-0.1, -0.05) is 49.6 Å². The van der Waals surface area contributed by atoms with Crippen molar-refractivity contribution in [1.29, 1.82) is 0 Å². The molecule has 1 aliphatic rings. The zero-order chi connectivity index (χ0) is 14.5. The van der Waals surface area contributed by atoms with Gasteiger partial charge in [0, 0.05) is 6.04 Å². The van der Waals surface area contributed by atoms with Crippen LogP contribution >= 0.6 is 0 Å². The first-order valence-electron chi connectivity index (χ1n) is 7.42. The van der Waals surface area contributed by atoms with Crippen LogP contribution in [0.15, 0.2) is 36.7 Å². The quantitative estimate of drug-likeness (QED) is 0.928. The molecule has 110 valence electrons. The topological polar surface area (TPSA) is 72.7 Å². The van der Waals surface area contributed by atoms with E-state index in [0.717, 1.165) is 18.4 Å². The van der Waals surface area contributed by atoms with Gasteiger partial charge in [-0.05, 0) is 28.8 Å². The molecule has 1 aromatic carbocycles. The SMILES string of the molecule is O=C(NC1CCCCC1)[C@@H](c1ccccc1)n1cnnn1. The maximum absolute atomic E-state index is 12.7. The summed E-state index contributed by atoms with van der Waals surface area (Å²) in [6.07, 6.45) is 7.24. The second-order valence-corrected chi connectivity index (χ2v) is 5.45. The minimum atomic E-state index is -0.511. The molecule has 0 saturated heterocycles. The molecule has 2 aromatic rings. The van der Waals surface area contributed by atoms with E-state index in [0.29, 0.717) is 0 Å². The van der Waals surface area contributed by atoms with Gasteiger partial charge >= 0.3 is 0 Å². The fourth-order valence-corrected chi connectivity index (χ4v) is 2.87. The molecule has 1 aromatic heterocycles. The molecule has 0 radical (unpaired) electrons. The van der Waals surface area contributed by atoms with Crippen molar-refractivity contribution >= 4 is 5.91 Å². The molecule has 0 spiro atoms. The molecule has 1 fully saturated rings. The number of tetrazole rings is 1. The zero-order valence-corrected chi connectivity index (χ0v) is 11.9. The molecular formula is C15H19N5O. The van der Waals surface area contributed by atoms with E-state index in [1.807, 2.05) is 30.3 Å². The van der Waals surface area contributed by atoms with Crippen LogP contribution in [0.1, 0.15) is 43.7 Å². The molecule has 6 heteroatoms. The van der Waals surface area contributed by atoms with E-state index in [1.165, 1.54) is 30.3 Å². The third-order valence-electron chi connectivity index (χ3n) is 3.94. The second kappa shape index (κ2) is 6.47. The summed E-state index contributed by atoms with van der Waals surface area (Å²) in [4.78, 5) is 12.7. The van der Waals surface area contributed by atoms with Crippen molar-refractivity contribution in [2.24, 2.45) is 0 Å². The molecule has 1 amide bonds. The third kappa shape index (κ3) is 3.26. The molecule has 1 saturated carbocycles. The summed E-state index contributed by atoms with van der Waals surface area (Å²) < 4.78 is 1.51. The van der Waals surface area contributed by atoms with Crippen molar-refractivity contribution in [2.75, 3.05) is 0 Å². The van der Waals surface area contributed by atoms with Crippen LogP contribution in [0.5, 0.6) is 0 Å². The molecule has 6 nitrogen and oxygen atoms in total. The summed E-state index contributed by atoms with van der Waals surface area (Å²) in [6.45, 7) is 0. The molecule has 1 heterocycles. The number of carbonyl (C=O) groups excluding carboxylic acids is 1. The van der Waals surface area contributed by atoms with E-state index < -0.39 is 6.04 Å². The van der Waals surface area contributed by atoms with Gasteiger partial charge in [-0.25, -0.2) is 4.68 Å². The minimum absolute atomic E-state index is 0.0413. The molecule has 3 rings (SSSR count). The number of amides is 1. The highest BCUT2D eigenvalue weighted by Crippen LogP contribution is 2.21. The maximum Gasteiger partial charge on any atom is 0.249 e. The van der Waals surface area contributed by atoms with E-state index in [9.17, 15) is 4.79 Å². The van der Waals surface area contributed by atoms with E-state index >= 15 is 0 Å². The lowest BCUT2D eigenvalue weighted by Gasteiger charge is -2.25. The number of nitrogens with one attached hydrogen (secondary N) is 1. The fraction of sp³-hybridized carbons (Fsp3) is 0.467. The lowest BCUT2D eigenvalue weighted by molar-refractivity contribution is -0.124. The largest absolute Gasteiger partial charge is 0.351 e. The summed E-state index contributed by atoms with van der Waals surface area (Å²) in [5, 5.41) is 14.4. The van der Waals surface area contributed by atoms with E-state index in [2.05, 4.69) is 20.8 Å². The Morgan fingerprint density at radius 1 is 1.19 bits per heavy atom. The minimum Gasteiger partial charge on any atom is -0.351 e. The highest BCUT2D eigenvalue weighted by Gasteiger charge is 2.26. The molecule has 0 aliphatic heterocycles. The van der Waals surface area contributed by atoms with Crippen molar-refractivity contribution in [3.8, 4) is 0 Å². The number of rotatable bonds is 4. The Labute approximate surface area is 123 Å². The molecule has 1 atom stereocenters. The lowest BCUT2D eigenvalue weighted by Crippen LogP contribution is -2.41. The number of aromatic nitrogens is 4. The van der Waals surface area contributed by atoms with Gasteiger partial charge in [-0.3, -0.25) is 4.79 Å². The van der Waals surface area contributed by atoms with Gasteiger partial charge in [-0.2, -0.15) is 0 Å². The molecule has 21 heavy (non-hydrogen) atoms. The average Bonchev–Trinajstić information content (AvgIpc) is 3.03. The van der Waals surface area contributed by atoms with Crippen LogP contribution in [-0.2, 0) is 4.79 Å². The summed E-state index contributed by atoms with van der Waals surface area (Å²) in [5.41, 5.74) is 0.887. The van der Waals surface area contributed by atoms with Crippen molar-refractivity contribution in [3.63, 3.8) is 0 Å². The Morgan fingerprint density at radius 2 is 1.95 bits per heavy atom. The van der Waals surface area contributed by atoms with Gasteiger partial charge in [0.25, 0.3) is 0 Å². The Morgan fingerprint density at radius 3 is 2.62 bits per heavy atom. The molecule has 0 bridgehead atoms. The Hall–Kier alpha value is -2.24.